The fourth-order valence-electron chi connectivity index (χ4n) is 1.92. The molecule has 2 aromatic rings. The summed E-state index contributed by atoms with van der Waals surface area (Å²) in [5, 5.41) is 0. The third kappa shape index (κ3) is 3.56. The molecule has 1 aromatic heterocycles. The van der Waals surface area contributed by atoms with Gasteiger partial charge in [0.05, 0.1) is 10.6 Å². The van der Waals surface area contributed by atoms with E-state index < -0.39 is 10.0 Å². The van der Waals surface area contributed by atoms with E-state index in [-0.39, 0.29) is 9.88 Å². The summed E-state index contributed by atoms with van der Waals surface area (Å²) < 4.78 is 27.4. The zero-order valence-electron chi connectivity index (χ0n) is 11.6. The molecule has 0 bridgehead atoms. The largest absolute Gasteiger partial charge is 0.389 e. The number of hydrogen-bond acceptors (Lipinski definition) is 4. The van der Waals surface area contributed by atoms with E-state index in [4.69, 9.17) is 18.0 Å². The minimum atomic E-state index is -3.67. The minimum Gasteiger partial charge on any atom is -0.389 e. The Balaban J connectivity index is 2.38. The quantitative estimate of drug-likeness (QED) is 0.843. The van der Waals surface area contributed by atoms with Crippen LogP contribution in [0.25, 0.3) is 0 Å². The average molecular weight is 321 g/mol. The molecular weight excluding hydrogens is 306 g/mol. The Morgan fingerprint density at radius 3 is 2.52 bits per heavy atom. The number of aromatic nitrogens is 1. The number of sulfonamides is 1. The van der Waals surface area contributed by atoms with Gasteiger partial charge in [0.15, 0.2) is 0 Å². The third-order valence-electron chi connectivity index (χ3n) is 2.90. The summed E-state index contributed by atoms with van der Waals surface area (Å²) in [4.78, 5) is 4.46. The molecule has 5 nitrogen and oxygen atoms in total. The van der Waals surface area contributed by atoms with Crippen molar-refractivity contribution in [3.8, 4) is 0 Å². The lowest BCUT2D eigenvalue weighted by molar-refractivity contribution is 0.600. The van der Waals surface area contributed by atoms with E-state index >= 15 is 0 Å². The Hall–Kier alpha value is -1.99. The van der Waals surface area contributed by atoms with Gasteiger partial charge in [0.25, 0.3) is 10.0 Å². The molecule has 1 aromatic carbocycles. The zero-order chi connectivity index (χ0) is 15.6. The van der Waals surface area contributed by atoms with Gasteiger partial charge in [-0.05, 0) is 43.7 Å². The number of benzene rings is 1. The summed E-state index contributed by atoms with van der Waals surface area (Å²) in [5.74, 6) is 0. The minimum absolute atomic E-state index is 0.192. The van der Waals surface area contributed by atoms with Crippen LogP contribution < -0.4 is 10.5 Å². The molecule has 2 rings (SSSR count). The predicted octanol–water partition coefficient (Wildman–Crippen LogP) is 2.13. The molecule has 0 amide bonds. The number of rotatable bonds is 4. The molecular formula is C14H15N3O2S2. The normalized spacial score (nSPS) is 11.1. The van der Waals surface area contributed by atoms with E-state index in [2.05, 4.69) is 9.71 Å². The molecule has 1 heterocycles. The first-order valence-electron chi connectivity index (χ1n) is 6.15. The summed E-state index contributed by atoms with van der Waals surface area (Å²) in [6.07, 6.45) is 1.55. The highest BCUT2D eigenvalue weighted by Gasteiger charge is 2.17. The molecule has 21 heavy (non-hydrogen) atoms. The fourth-order valence-corrected chi connectivity index (χ4v) is 3.33. The number of nitrogens with two attached hydrogens (primary N) is 1. The number of thiocarbonyl (C=S) groups is 1. The van der Waals surface area contributed by atoms with Crippen molar-refractivity contribution in [3.63, 3.8) is 0 Å². The molecule has 0 saturated carbocycles. The summed E-state index contributed by atoms with van der Waals surface area (Å²) in [6, 6.07) is 8.02. The summed E-state index contributed by atoms with van der Waals surface area (Å²) in [5.41, 5.74) is 7.97. The predicted molar refractivity (Wildman–Crippen MR) is 86.8 cm³/mol. The lowest BCUT2D eigenvalue weighted by Crippen LogP contribution is -2.16. The molecule has 0 aliphatic rings. The van der Waals surface area contributed by atoms with Crippen molar-refractivity contribution >= 4 is 32.9 Å². The first-order chi connectivity index (χ1) is 9.79. The summed E-state index contributed by atoms with van der Waals surface area (Å²) >= 11 is 4.88. The highest BCUT2D eigenvalue weighted by molar-refractivity contribution is 7.92. The van der Waals surface area contributed by atoms with E-state index in [0.717, 1.165) is 5.69 Å². The van der Waals surface area contributed by atoms with Crippen molar-refractivity contribution in [1.82, 2.24) is 4.98 Å². The molecule has 0 aliphatic heterocycles. The van der Waals surface area contributed by atoms with Crippen LogP contribution in [-0.4, -0.2) is 18.4 Å². The molecule has 0 atom stereocenters. The number of nitrogens with one attached hydrogen (secondary N) is 1. The number of nitrogens with zero attached hydrogens (tertiary/aromatic N) is 1. The molecule has 0 aliphatic carbocycles. The Morgan fingerprint density at radius 1 is 1.24 bits per heavy atom. The highest BCUT2D eigenvalue weighted by atomic mass is 32.2. The van der Waals surface area contributed by atoms with Gasteiger partial charge in [0.1, 0.15) is 4.99 Å². The fraction of sp³-hybridized carbons (Fsp3) is 0.143. The lowest BCUT2D eigenvalue weighted by atomic mass is 10.1. The SMILES string of the molecule is Cc1cc(NS(=O)(=O)c2ccc(C(N)=S)cc2C)ccn1. The molecule has 0 radical (unpaired) electrons. The smallest absolute Gasteiger partial charge is 0.262 e. The van der Waals surface area contributed by atoms with Crippen molar-refractivity contribution in [2.45, 2.75) is 18.7 Å². The van der Waals surface area contributed by atoms with Gasteiger partial charge < -0.3 is 5.73 Å². The maximum Gasteiger partial charge on any atom is 0.262 e. The van der Waals surface area contributed by atoms with Gasteiger partial charge >= 0.3 is 0 Å². The second-order valence-corrected chi connectivity index (χ2v) is 6.73. The average Bonchev–Trinajstić information content (AvgIpc) is 2.37. The monoisotopic (exact) mass is 321 g/mol. The van der Waals surface area contributed by atoms with Gasteiger partial charge in [0.2, 0.25) is 0 Å². The summed E-state index contributed by atoms with van der Waals surface area (Å²) in [6.45, 7) is 3.49. The van der Waals surface area contributed by atoms with Gasteiger partial charge in [-0.3, -0.25) is 9.71 Å². The van der Waals surface area contributed by atoms with Crippen LogP contribution in [0.1, 0.15) is 16.8 Å². The van der Waals surface area contributed by atoms with Crippen LogP contribution in [0.15, 0.2) is 41.4 Å². The van der Waals surface area contributed by atoms with Crippen LogP contribution in [0.4, 0.5) is 5.69 Å². The van der Waals surface area contributed by atoms with Crippen LogP contribution >= 0.6 is 12.2 Å². The first kappa shape index (κ1) is 15.4. The lowest BCUT2D eigenvalue weighted by Gasteiger charge is -2.11. The number of anilines is 1. The Bertz CT molecular complexity index is 802. The van der Waals surface area contributed by atoms with Crippen LogP contribution in [0.2, 0.25) is 0 Å². The molecule has 110 valence electrons. The third-order valence-corrected chi connectivity index (χ3v) is 4.68. The van der Waals surface area contributed by atoms with Crippen LogP contribution in [0.3, 0.4) is 0 Å². The van der Waals surface area contributed by atoms with E-state index in [9.17, 15) is 8.42 Å². The van der Waals surface area contributed by atoms with Crippen LogP contribution in [0, 0.1) is 13.8 Å². The van der Waals surface area contributed by atoms with Crippen molar-refractivity contribution in [2.75, 3.05) is 4.72 Å². The maximum absolute atomic E-state index is 12.4. The Kier molecular flexibility index (Phi) is 4.24. The Labute approximate surface area is 129 Å². The molecule has 0 saturated heterocycles. The number of aryl methyl sites for hydroxylation is 2. The second kappa shape index (κ2) is 5.79. The van der Waals surface area contributed by atoms with Crippen molar-refractivity contribution in [1.29, 1.82) is 0 Å². The molecule has 0 fully saturated rings. The highest BCUT2D eigenvalue weighted by Crippen LogP contribution is 2.20. The second-order valence-electron chi connectivity index (χ2n) is 4.64. The number of pyridine rings is 1. The molecule has 3 N–H and O–H groups in total. The van der Waals surface area contributed by atoms with Crippen molar-refractivity contribution < 1.29 is 8.42 Å². The van der Waals surface area contributed by atoms with E-state index in [0.29, 0.717) is 16.8 Å². The van der Waals surface area contributed by atoms with Gasteiger partial charge in [0, 0.05) is 17.5 Å². The van der Waals surface area contributed by atoms with E-state index in [1.807, 2.05) is 0 Å². The number of hydrogen-bond donors (Lipinski definition) is 2. The molecule has 0 spiro atoms. The standard InChI is InChI=1S/C14H15N3O2S2/c1-9-7-11(14(15)20)3-4-13(9)21(18,19)17-12-5-6-16-10(2)8-12/h3-8H,1-2H3,(H2,15,20)(H,16,17). The van der Waals surface area contributed by atoms with E-state index in [1.165, 1.54) is 6.07 Å². The molecule has 7 heteroatoms. The van der Waals surface area contributed by atoms with Crippen LogP contribution in [-0.2, 0) is 10.0 Å². The topological polar surface area (TPSA) is 85.1 Å². The van der Waals surface area contributed by atoms with Crippen molar-refractivity contribution in [3.05, 3.63) is 53.3 Å². The van der Waals surface area contributed by atoms with E-state index in [1.54, 1.807) is 44.3 Å². The van der Waals surface area contributed by atoms with Gasteiger partial charge in [-0.1, -0.05) is 18.3 Å². The first-order valence-corrected chi connectivity index (χ1v) is 8.04. The van der Waals surface area contributed by atoms with Gasteiger partial charge in [-0.15, -0.1) is 0 Å². The van der Waals surface area contributed by atoms with Gasteiger partial charge in [-0.25, -0.2) is 8.42 Å². The van der Waals surface area contributed by atoms with Gasteiger partial charge in [-0.2, -0.15) is 0 Å². The van der Waals surface area contributed by atoms with Crippen LogP contribution in [0.5, 0.6) is 0 Å². The van der Waals surface area contributed by atoms with Crippen molar-refractivity contribution in [2.24, 2.45) is 5.73 Å². The molecule has 0 unspecified atom stereocenters. The zero-order valence-corrected chi connectivity index (χ0v) is 13.3. The Morgan fingerprint density at radius 2 is 1.95 bits per heavy atom. The summed E-state index contributed by atoms with van der Waals surface area (Å²) in [7, 11) is -3.67. The maximum atomic E-state index is 12.4.